The average Bonchev–Trinajstić information content (AvgIpc) is 2.49. The molecule has 0 saturated heterocycles. The van der Waals surface area contributed by atoms with Crippen molar-refractivity contribution in [2.75, 3.05) is 0 Å². The number of nitro groups is 1. The summed E-state index contributed by atoms with van der Waals surface area (Å²) in [6, 6.07) is 8.19. The predicted octanol–water partition coefficient (Wildman–Crippen LogP) is 3.50. The summed E-state index contributed by atoms with van der Waals surface area (Å²) in [7, 11) is 0. The molecular formula is C15H17N3O3. The highest BCUT2D eigenvalue weighted by Gasteiger charge is 2.15. The first kappa shape index (κ1) is 14.9. The van der Waals surface area contributed by atoms with Crippen LogP contribution >= 0.6 is 0 Å². The molecule has 1 aromatic carbocycles. The molecule has 0 bridgehead atoms. The van der Waals surface area contributed by atoms with Gasteiger partial charge in [-0.25, -0.2) is 0 Å². The summed E-state index contributed by atoms with van der Waals surface area (Å²) in [6.45, 7) is 3.64. The summed E-state index contributed by atoms with van der Waals surface area (Å²) in [6.07, 6.45) is 2.38. The van der Waals surface area contributed by atoms with Crippen molar-refractivity contribution < 1.29 is 9.66 Å². The minimum absolute atomic E-state index is 0.0325. The van der Waals surface area contributed by atoms with E-state index in [9.17, 15) is 10.1 Å². The third-order valence-electron chi connectivity index (χ3n) is 3.26. The van der Waals surface area contributed by atoms with E-state index in [4.69, 9.17) is 10.5 Å². The molecule has 0 radical (unpaired) electrons. The van der Waals surface area contributed by atoms with Crippen molar-refractivity contribution in [3.8, 4) is 11.5 Å². The van der Waals surface area contributed by atoms with Gasteiger partial charge in [-0.1, -0.05) is 13.0 Å². The van der Waals surface area contributed by atoms with Gasteiger partial charge in [-0.05, 0) is 31.5 Å². The van der Waals surface area contributed by atoms with Gasteiger partial charge in [-0.15, -0.1) is 0 Å². The van der Waals surface area contributed by atoms with E-state index in [1.807, 2.05) is 6.92 Å². The van der Waals surface area contributed by atoms with Crippen LogP contribution in [0.1, 0.15) is 30.6 Å². The van der Waals surface area contributed by atoms with Crippen molar-refractivity contribution in [3.63, 3.8) is 0 Å². The summed E-state index contributed by atoms with van der Waals surface area (Å²) in [5.41, 5.74) is 7.20. The van der Waals surface area contributed by atoms with Gasteiger partial charge in [0.1, 0.15) is 11.5 Å². The van der Waals surface area contributed by atoms with Crippen LogP contribution in [0, 0.1) is 17.0 Å². The molecule has 1 atom stereocenters. The zero-order valence-corrected chi connectivity index (χ0v) is 11.9. The maximum Gasteiger partial charge on any atom is 0.276 e. The molecule has 1 heterocycles. The van der Waals surface area contributed by atoms with Crippen molar-refractivity contribution in [2.24, 2.45) is 5.73 Å². The number of ether oxygens (including phenoxy) is 1. The lowest BCUT2D eigenvalue weighted by molar-refractivity contribution is -0.385. The minimum Gasteiger partial charge on any atom is -0.455 e. The Morgan fingerprint density at radius 3 is 2.71 bits per heavy atom. The lowest BCUT2D eigenvalue weighted by atomic mass is 10.1. The van der Waals surface area contributed by atoms with Crippen molar-refractivity contribution in [1.29, 1.82) is 0 Å². The van der Waals surface area contributed by atoms with Gasteiger partial charge in [-0.2, -0.15) is 0 Å². The fourth-order valence-electron chi connectivity index (χ4n) is 1.92. The molecule has 0 aliphatic carbocycles. The van der Waals surface area contributed by atoms with Crippen molar-refractivity contribution in [1.82, 2.24) is 4.98 Å². The van der Waals surface area contributed by atoms with Crippen molar-refractivity contribution in [2.45, 2.75) is 26.3 Å². The summed E-state index contributed by atoms with van der Waals surface area (Å²) in [4.78, 5) is 14.7. The SMILES string of the molecule is CCC(N)c1ccc(Oc2cccc([N+](=O)[O-])c2C)cn1. The largest absolute Gasteiger partial charge is 0.455 e. The molecular weight excluding hydrogens is 270 g/mol. The van der Waals surface area contributed by atoms with Crippen LogP contribution in [0.3, 0.4) is 0 Å². The van der Waals surface area contributed by atoms with Gasteiger partial charge in [0.05, 0.1) is 22.4 Å². The quantitative estimate of drug-likeness (QED) is 0.671. The Balaban J connectivity index is 2.22. The third-order valence-corrected chi connectivity index (χ3v) is 3.26. The number of nitro benzene ring substituents is 1. The lowest BCUT2D eigenvalue weighted by Gasteiger charge is -2.11. The van der Waals surface area contributed by atoms with Gasteiger partial charge in [0.25, 0.3) is 5.69 Å². The number of pyridine rings is 1. The molecule has 0 saturated carbocycles. The van der Waals surface area contributed by atoms with Gasteiger partial charge in [0, 0.05) is 12.1 Å². The first-order chi connectivity index (χ1) is 10.0. The second-order valence-electron chi connectivity index (χ2n) is 4.69. The topological polar surface area (TPSA) is 91.3 Å². The molecule has 0 spiro atoms. The average molecular weight is 287 g/mol. The van der Waals surface area contributed by atoms with E-state index in [2.05, 4.69) is 4.98 Å². The zero-order chi connectivity index (χ0) is 15.4. The Hall–Kier alpha value is -2.47. The van der Waals surface area contributed by atoms with Gasteiger partial charge in [0.2, 0.25) is 0 Å². The highest BCUT2D eigenvalue weighted by molar-refractivity contribution is 5.49. The Morgan fingerprint density at radius 2 is 2.14 bits per heavy atom. The molecule has 0 fully saturated rings. The summed E-state index contributed by atoms with van der Waals surface area (Å²) in [5.74, 6) is 0.962. The maximum absolute atomic E-state index is 10.9. The van der Waals surface area contributed by atoms with E-state index in [0.717, 1.165) is 12.1 Å². The molecule has 6 heteroatoms. The minimum atomic E-state index is -0.427. The Labute approximate surface area is 122 Å². The van der Waals surface area contributed by atoms with Crippen LogP contribution in [0.2, 0.25) is 0 Å². The molecule has 6 nitrogen and oxygen atoms in total. The van der Waals surface area contributed by atoms with E-state index in [0.29, 0.717) is 17.1 Å². The van der Waals surface area contributed by atoms with Crippen LogP contribution in [0.5, 0.6) is 11.5 Å². The molecule has 0 amide bonds. The van der Waals surface area contributed by atoms with Gasteiger partial charge in [0.15, 0.2) is 0 Å². The van der Waals surface area contributed by atoms with E-state index in [1.165, 1.54) is 6.07 Å². The van der Waals surface area contributed by atoms with Crippen LogP contribution in [0.15, 0.2) is 36.5 Å². The molecule has 1 aromatic heterocycles. The second kappa shape index (κ2) is 6.32. The number of hydrogen-bond acceptors (Lipinski definition) is 5. The molecule has 2 N–H and O–H groups in total. The van der Waals surface area contributed by atoms with Gasteiger partial charge in [-0.3, -0.25) is 15.1 Å². The van der Waals surface area contributed by atoms with E-state index < -0.39 is 4.92 Å². The highest BCUT2D eigenvalue weighted by atomic mass is 16.6. The molecule has 21 heavy (non-hydrogen) atoms. The standard InChI is InChI=1S/C15H17N3O3/c1-3-12(16)13-8-7-11(9-17-13)21-15-6-4-5-14(10(15)2)18(19)20/h4-9,12H,3,16H2,1-2H3. The molecule has 110 valence electrons. The molecule has 1 unspecified atom stereocenters. The Bertz CT molecular complexity index is 641. The van der Waals surface area contributed by atoms with Crippen LogP contribution < -0.4 is 10.5 Å². The van der Waals surface area contributed by atoms with Crippen LogP contribution in [-0.2, 0) is 0 Å². The summed E-state index contributed by atoms with van der Waals surface area (Å²) >= 11 is 0. The first-order valence-corrected chi connectivity index (χ1v) is 6.66. The predicted molar refractivity (Wildman–Crippen MR) is 79.4 cm³/mol. The molecule has 0 aliphatic heterocycles. The van der Waals surface area contributed by atoms with Crippen LogP contribution in [-0.4, -0.2) is 9.91 Å². The molecule has 2 aromatic rings. The van der Waals surface area contributed by atoms with Crippen LogP contribution in [0.4, 0.5) is 5.69 Å². The zero-order valence-electron chi connectivity index (χ0n) is 11.9. The van der Waals surface area contributed by atoms with Crippen molar-refractivity contribution >= 4 is 5.69 Å². The third kappa shape index (κ3) is 3.35. The van der Waals surface area contributed by atoms with Crippen molar-refractivity contribution in [3.05, 3.63) is 57.9 Å². The van der Waals surface area contributed by atoms with Gasteiger partial charge >= 0.3 is 0 Å². The summed E-state index contributed by atoms with van der Waals surface area (Å²) in [5, 5.41) is 10.9. The maximum atomic E-state index is 10.9. The van der Waals surface area contributed by atoms with Gasteiger partial charge < -0.3 is 10.5 Å². The van der Waals surface area contributed by atoms with Crippen LogP contribution in [0.25, 0.3) is 0 Å². The Morgan fingerprint density at radius 1 is 1.38 bits per heavy atom. The molecule has 2 rings (SSSR count). The number of benzene rings is 1. The normalized spacial score (nSPS) is 12.0. The highest BCUT2D eigenvalue weighted by Crippen LogP contribution is 2.30. The number of nitrogens with two attached hydrogens (primary N) is 1. The molecule has 0 aliphatic rings. The fraction of sp³-hybridized carbons (Fsp3) is 0.267. The second-order valence-corrected chi connectivity index (χ2v) is 4.69. The van der Waals surface area contributed by atoms with E-state index >= 15 is 0 Å². The monoisotopic (exact) mass is 287 g/mol. The number of nitrogens with zero attached hydrogens (tertiary/aromatic N) is 2. The first-order valence-electron chi connectivity index (χ1n) is 6.66. The number of hydrogen-bond donors (Lipinski definition) is 1. The van der Waals surface area contributed by atoms with E-state index in [1.54, 1.807) is 37.4 Å². The smallest absolute Gasteiger partial charge is 0.276 e. The Kier molecular flexibility index (Phi) is 4.49. The number of aromatic nitrogens is 1. The van der Waals surface area contributed by atoms with E-state index in [-0.39, 0.29) is 11.7 Å². The lowest BCUT2D eigenvalue weighted by Crippen LogP contribution is -2.10. The summed E-state index contributed by atoms with van der Waals surface area (Å²) < 4.78 is 5.66. The fourth-order valence-corrected chi connectivity index (χ4v) is 1.92. The number of rotatable bonds is 5.